The first kappa shape index (κ1) is 62.1. The molecule has 1 unspecified atom stereocenters. The minimum absolute atomic E-state index is 0.0547. The molecule has 0 aromatic heterocycles. The van der Waals surface area contributed by atoms with Gasteiger partial charge in [-0.25, -0.2) is 8.42 Å². The van der Waals surface area contributed by atoms with Crippen LogP contribution in [0.5, 0.6) is 34.5 Å². The summed E-state index contributed by atoms with van der Waals surface area (Å²) in [7, 11) is -9.35. The molecule has 0 radical (unpaired) electrons. The second kappa shape index (κ2) is 23.6. The molecule has 0 bridgehead atoms. The molecule has 0 amide bonds. The highest BCUT2D eigenvalue weighted by Crippen LogP contribution is 2.53. The molecule has 0 saturated carbocycles. The van der Waals surface area contributed by atoms with Crippen molar-refractivity contribution >= 4 is 27.0 Å². The van der Waals surface area contributed by atoms with Gasteiger partial charge in [-0.15, -0.1) is 0 Å². The monoisotopic (exact) mass is 1120 g/mol. The fraction of sp³-hybridized carbons (Fsp3) is 0.463. The zero-order valence-corrected chi connectivity index (χ0v) is 53.4. The third-order valence-corrected chi connectivity index (χ3v) is 17.5. The number of rotatable bonds is 19. The van der Waals surface area contributed by atoms with Gasteiger partial charge >= 0.3 is 17.2 Å². The zero-order valence-electron chi connectivity index (χ0n) is 50.8. The predicted molar refractivity (Wildman–Crippen MR) is 326 cm³/mol. The molecule has 6 aromatic carbocycles. The third-order valence-electron chi connectivity index (χ3n) is 13.6. The van der Waals surface area contributed by atoms with Crippen LogP contribution in [0.2, 0.25) is 0 Å². The molecule has 11 heteroatoms. The van der Waals surface area contributed by atoms with Gasteiger partial charge in [0.1, 0.15) is 44.3 Å². The fourth-order valence-electron chi connectivity index (χ4n) is 10.5. The van der Waals surface area contributed by atoms with Crippen molar-refractivity contribution < 1.29 is 35.6 Å². The number of hydrogen-bond acceptors (Lipinski definition) is 8. The minimum Gasteiger partial charge on any atom is -0.408 e. The highest BCUT2D eigenvalue weighted by Gasteiger charge is 2.38. The van der Waals surface area contributed by atoms with E-state index in [0.717, 1.165) is 46.2 Å². The van der Waals surface area contributed by atoms with Crippen LogP contribution < -0.4 is 27.1 Å². The Labute approximate surface area is 473 Å². The minimum atomic E-state index is -4.60. The average Bonchev–Trinajstić information content (AvgIpc) is 3.33. The summed E-state index contributed by atoms with van der Waals surface area (Å²) in [5, 5.41) is 0. The molecule has 0 aliphatic heterocycles. The largest absolute Gasteiger partial charge is 0.530 e. The summed E-state index contributed by atoms with van der Waals surface area (Å²) >= 11 is 0. The molecule has 0 spiro atoms. The molecular weight excluding hydrogens is 1030 g/mol. The van der Waals surface area contributed by atoms with Crippen LogP contribution in [0.15, 0.2) is 143 Å². The molecule has 78 heavy (non-hydrogen) atoms. The van der Waals surface area contributed by atoms with E-state index in [1.165, 1.54) is 0 Å². The van der Waals surface area contributed by atoms with Crippen LogP contribution in [0, 0.1) is 10.8 Å². The molecule has 0 aliphatic rings. The van der Waals surface area contributed by atoms with Crippen LogP contribution in [0.4, 0.5) is 0 Å². The molecule has 0 N–H and O–H groups in total. The summed E-state index contributed by atoms with van der Waals surface area (Å²) in [6, 6.07) is 42.4. The second-order valence-electron chi connectivity index (χ2n) is 28.0. The standard InChI is InChI=1S/C67H90O8P2S/c1-46(2)49-30-22-26-34-53(49)70-76(71-54-35-27-23-31-50(54)63(9,10)11)74-57-40-38-47(66(18,19)44-61(3,4)5)42-59(57)78(68,69)60-43-48(67(20,21)45-62(6,7)8)39-41-58(60)75-77(72-55-36-28-24-32-51(55)64(12,13)14)73-56-37-29-25-33-52(56)65(15,16)17/h22-43,46H,44-45H2,1-21H3. The van der Waals surface area contributed by atoms with Crippen molar-refractivity contribution in [1.29, 1.82) is 0 Å². The van der Waals surface area contributed by atoms with E-state index >= 15 is 8.42 Å². The Kier molecular flexibility index (Phi) is 18.8. The number of benzene rings is 6. The lowest BCUT2D eigenvalue weighted by molar-refractivity contribution is 0.283. The smallest absolute Gasteiger partial charge is 0.408 e. The van der Waals surface area contributed by atoms with Crippen molar-refractivity contribution in [2.75, 3.05) is 0 Å². The quantitative estimate of drug-likeness (QED) is 0.0741. The Morgan fingerprint density at radius 3 is 0.962 bits per heavy atom. The van der Waals surface area contributed by atoms with Crippen molar-refractivity contribution in [1.82, 2.24) is 0 Å². The first-order valence-electron chi connectivity index (χ1n) is 27.5. The Bertz CT molecular complexity index is 3060. The summed E-state index contributed by atoms with van der Waals surface area (Å²) in [6.07, 6.45) is 1.54. The van der Waals surface area contributed by atoms with Gasteiger partial charge in [0.2, 0.25) is 9.84 Å². The van der Waals surface area contributed by atoms with Gasteiger partial charge in [0.15, 0.2) is 0 Å². The maximum Gasteiger partial charge on any atom is 0.530 e. The van der Waals surface area contributed by atoms with Gasteiger partial charge in [-0.05, 0) is 122 Å². The maximum absolute atomic E-state index is 16.6. The normalized spacial score (nSPS) is 13.6. The van der Waals surface area contributed by atoms with E-state index in [1.54, 1.807) is 24.3 Å². The van der Waals surface area contributed by atoms with E-state index in [9.17, 15) is 0 Å². The first-order chi connectivity index (χ1) is 35.9. The van der Waals surface area contributed by atoms with E-state index in [0.29, 0.717) is 23.0 Å². The Morgan fingerprint density at radius 2 is 0.654 bits per heavy atom. The Morgan fingerprint density at radius 1 is 0.372 bits per heavy atom. The number of para-hydroxylation sites is 4. The molecule has 0 aliphatic carbocycles. The molecule has 6 aromatic rings. The van der Waals surface area contributed by atoms with Gasteiger partial charge in [0.05, 0.1) is 0 Å². The lowest BCUT2D eigenvalue weighted by Crippen LogP contribution is -2.25. The predicted octanol–water partition coefficient (Wildman–Crippen LogP) is 20.5. The Hall–Kier alpha value is -5.07. The van der Waals surface area contributed by atoms with Crippen LogP contribution in [-0.2, 0) is 36.9 Å². The van der Waals surface area contributed by atoms with Crippen LogP contribution >= 0.6 is 17.2 Å². The highest BCUT2D eigenvalue weighted by atomic mass is 32.2. The van der Waals surface area contributed by atoms with Crippen molar-refractivity contribution in [3.8, 4) is 34.5 Å². The molecule has 0 fully saturated rings. The zero-order chi connectivity index (χ0) is 58.0. The number of sulfone groups is 1. The molecule has 1 atom stereocenters. The van der Waals surface area contributed by atoms with E-state index in [2.05, 4.69) is 145 Å². The van der Waals surface area contributed by atoms with Crippen molar-refractivity contribution in [2.45, 2.75) is 201 Å². The van der Waals surface area contributed by atoms with Crippen LogP contribution in [0.3, 0.4) is 0 Å². The summed E-state index contributed by atoms with van der Waals surface area (Å²) in [4.78, 5) is -0.110. The van der Waals surface area contributed by atoms with Gasteiger partial charge in [-0.1, -0.05) is 230 Å². The van der Waals surface area contributed by atoms with Crippen LogP contribution in [0.1, 0.15) is 198 Å². The number of hydrogen-bond donors (Lipinski definition) is 0. The van der Waals surface area contributed by atoms with E-state index < -0.39 is 37.9 Å². The van der Waals surface area contributed by atoms with Crippen molar-refractivity contribution in [3.63, 3.8) is 0 Å². The van der Waals surface area contributed by atoms with E-state index in [-0.39, 0.29) is 54.3 Å². The van der Waals surface area contributed by atoms with Crippen LogP contribution in [0.25, 0.3) is 0 Å². The van der Waals surface area contributed by atoms with Gasteiger partial charge in [-0.2, -0.15) is 0 Å². The van der Waals surface area contributed by atoms with Crippen LogP contribution in [-0.4, -0.2) is 8.42 Å². The molecule has 0 heterocycles. The van der Waals surface area contributed by atoms with Crippen molar-refractivity contribution in [2.24, 2.45) is 10.8 Å². The SMILES string of the molecule is CC(C)c1ccccc1OP(Oc1ccccc1C(C)(C)C)Oc1ccc(C(C)(C)CC(C)(C)C)cc1S(=O)(=O)c1cc(C(C)(C)CC(C)(C)C)ccc1OP(Oc1ccccc1C(C)(C)C)Oc1ccccc1C(C)(C)C. The topological polar surface area (TPSA) is 89.5 Å². The van der Waals surface area contributed by atoms with E-state index in [4.69, 9.17) is 27.1 Å². The molecule has 8 nitrogen and oxygen atoms in total. The summed E-state index contributed by atoms with van der Waals surface area (Å²) in [6.45, 7) is 45.2. The van der Waals surface area contributed by atoms with Gasteiger partial charge in [-0.3, -0.25) is 0 Å². The van der Waals surface area contributed by atoms with E-state index in [1.807, 2.05) is 109 Å². The molecule has 6 rings (SSSR count). The molecule has 422 valence electrons. The Balaban J connectivity index is 1.64. The molecular formula is C67H90O8P2S. The fourth-order valence-corrected chi connectivity index (χ4v) is 14.4. The second-order valence-corrected chi connectivity index (χ2v) is 31.9. The summed E-state index contributed by atoms with van der Waals surface area (Å²) in [5.74, 6) is 2.55. The lowest BCUT2D eigenvalue weighted by atomic mass is 9.72. The van der Waals surface area contributed by atoms with Crippen molar-refractivity contribution in [3.05, 3.63) is 167 Å². The average molecular weight is 1120 g/mol. The summed E-state index contributed by atoms with van der Waals surface area (Å²) in [5.41, 5.74) is 3.43. The molecule has 0 saturated heterocycles. The third kappa shape index (κ3) is 16.1. The van der Waals surface area contributed by atoms with Gasteiger partial charge in [0.25, 0.3) is 0 Å². The lowest BCUT2D eigenvalue weighted by Gasteiger charge is -2.34. The summed E-state index contributed by atoms with van der Waals surface area (Å²) < 4.78 is 74.8. The van der Waals surface area contributed by atoms with Gasteiger partial charge in [0, 0.05) is 16.7 Å². The highest BCUT2D eigenvalue weighted by molar-refractivity contribution is 7.91. The maximum atomic E-state index is 16.6. The first-order valence-corrected chi connectivity index (χ1v) is 31.1. The van der Waals surface area contributed by atoms with Gasteiger partial charge < -0.3 is 27.1 Å².